The molecule has 5 nitrogen and oxygen atoms in total. The van der Waals surface area contributed by atoms with E-state index in [1.54, 1.807) is 16.8 Å². The second-order valence-corrected chi connectivity index (χ2v) is 10.0. The highest BCUT2D eigenvalue weighted by molar-refractivity contribution is 7.80. The van der Waals surface area contributed by atoms with Gasteiger partial charge in [-0.25, -0.2) is 0 Å². The van der Waals surface area contributed by atoms with Gasteiger partial charge in [-0.15, -0.1) is 0 Å². The average molecular weight is 550 g/mol. The van der Waals surface area contributed by atoms with Crippen molar-refractivity contribution in [2.24, 2.45) is 0 Å². The van der Waals surface area contributed by atoms with Crippen LogP contribution >= 0.6 is 12.2 Å². The van der Waals surface area contributed by atoms with Crippen molar-refractivity contribution in [3.63, 3.8) is 0 Å². The predicted molar refractivity (Wildman–Crippen MR) is 152 cm³/mol. The van der Waals surface area contributed by atoms with Gasteiger partial charge in [-0.1, -0.05) is 36.4 Å². The summed E-state index contributed by atoms with van der Waals surface area (Å²) in [5.41, 5.74) is 3.72. The van der Waals surface area contributed by atoms with Crippen LogP contribution in [0.5, 0.6) is 0 Å². The van der Waals surface area contributed by atoms with E-state index in [9.17, 15) is 13.2 Å². The summed E-state index contributed by atoms with van der Waals surface area (Å²) in [5, 5.41) is 7.49. The maximum absolute atomic E-state index is 13.9. The number of aryl methyl sites for hydroxylation is 1. The summed E-state index contributed by atoms with van der Waals surface area (Å²) in [6.07, 6.45) is -1.91. The third kappa shape index (κ3) is 5.49. The number of halogens is 3. The van der Waals surface area contributed by atoms with E-state index in [0.717, 1.165) is 47.4 Å². The molecule has 39 heavy (non-hydrogen) atoms. The molecule has 0 amide bonds. The van der Waals surface area contributed by atoms with E-state index in [2.05, 4.69) is 20.5 Å². The van der Waals surface area contributed by atoms with Crippen molar-refractivity contribution >= 4 is 23.0 Å². The fourth-order valence-electron chi connectivity index (χ4n) is 5.39. The van der Waals surface area contributed by atoms with E-state index in [1.165, 1.54) is 12.1 Å². The molecule has 0 radical (unpaired) electrons. The van der Waals surface area contributed by atoms with Gasteiger partial charge in [0.15, 0.2) is 5.11 Å². The molecule has 3 heterocycles. The number of nitrogens with zero attached hydrogens (tertiary/aromatic N) is 3. The highest BCUT2D eigenvalue weighted by Crippen LogP contribution is 2.42. The van der Waals surface area contributed by atoms with Gasteiger partial charge in [-0.05, 0) is 80.5 Å². The van der Waals surface area contributed by atoms with E-state index in [4.69, 9.17) is 12.2 Å². The smallest absolute Gasteiger partial charge is 0.385 e. The number of pyridine rings is 1. The first-order valence-corrected chi connectivity index (χ1v) is 13.3. The molecule has 1 aliphatic heterocycles. The van der Waals surface area contributed by atoms with Crippen molar-refractivity contribution in [3.05, 3.63) is 113 Å². The van der Waals surface area contributed by atoms with E-state index in [-0.39, 0.29) is 17.8 Å². The number of hydrogen-bond donors (Lipinski definition) is 2. The largest absolute Gasteiger partial charge is 0.418 e. The Labute approximate surface area is 231 Å². The van der Waals surface area contributed by atoms with Gasteiger partial charge >= 0.3 is 6.18 Å². The summed E-state index contributed by atoms with van der Waals surface area (Å²) < 4.78 is 43.5. The number of benzene rings is 2. The zero-order valence-electron chi connectivity index (χ0n) is 21.7. The molecule has 2 atom stereocenters. The third-order valence-electron chi connectivity index (χ3n) is 7.12. The molecule has 1 fully saturated rings. The molecule has 9 heteroatoms. The topological polar surface area (TPSA) is 45.1 Å². The van der Waals surface area contributed by atoms with Crippen LogP contribution in [0.3, 0.4) is 0 Å². The summed E-state index contributed by atoms with van der Waals surface area (Å²) in [7, 11) is 0. The van der Waals surface area contributed by atoms with Gasteiger partial charge in [0.05, 0.1) is 29.0 Å². The molecule has 0 bridgehead atoms. The molecule has 0 spiro atoms. The Morgan fingerprint density at radius 1 is 0.974 bits per heavy atom. The quantitative estimate of drug-likeness (QED) is 0.183. The number of hydrogen-bond acceptors (Lipinski definition) is 3. The minimum atomic E-state index is -4.47. The van der Waals surface area contributed by atoms with Crippen LogP contribution in [0.25, 0.3) is 5.69 Å². The Morgan fingerprint density at radius 2 is 1.69 bits per heavy atom. The van der Waals surface area contributed by atoms with Crippen molar-refractivity contribution in [2.75, 3.05) is 18.4 Å². The zero-order chi connectivity index (χ0) is 27.6. The Morgan fingerprint density at radius 3 is 2.41 bits per heavy atom. The number of nitrogens with one attached hydrogen (secondary N) is 2. The molecular weight excluding hydrogens is 519 g/mol. The third-order valence-corrected chi connectivity index (χ3v) is 7.47. The van der Waals surface area contributed by atoms with Crippen LogP contribution < -0.4 is 10.6 Å². The van der Waals surface area contributed by atoms with Crippen LogP contribution in [0.1, 0.15) is 46.7 Å². The van der Waals surface area contributed by atoms with Crippen LogP contribution in [0.15, 0.2) is 85.1 Å². The molecule has 2 N–H and O–H groups in total. The fraction of sp³-hybridized carbons (Fsp3) is 0.267. The number of aromatic nitrogens is 2. The monoisotopic (exact) mass is 549 g/mol. The molecule has 0 saturated carbocycles. The van der Waals surface area contributed by atoms with Gasteiger partial charge in [0, 0.05) is 36.4 Å². The zero-order valence-corrected chi connectivity index (χ0v) is 22.6. The molecule has 2 aromatic carbocycles. The number of anilines is 1. The van der Waals surface area contributed by atoms with Gasteiger partial charge in [0.1, 0.15) is 0 Å². The number of thiocarbonyl (C=S) groups is 1. The van der Waals surface area contributed by atoms with Gasteiger partial charge in [-0.3, -0.25) is 4.98 Å². The lowest BCUT2D eigenvalue weighted by Crippen LogP contribution is -2.31. The number of rotatable bonds is 8. The Kier molecular flexibility index (Phi) is 7.61. The summed E-state index contributed by atoms with van der Waals surface area (Å²) in [6, 6.07) is 22.9. The first-order valence-electron chi connectivity index (χ1n) is 12.9. The normalized spacial score (nSPS) is 17.4. The Balaban J connectivity index is 1.50. The minimum Gasteiger partial charge on any atom is -0.385 e. The van der Waals surface area contributed by atoms with Gasteiger partial charge in [-0.2, -0.15) is 13.2 Å². The molecular formula is C30H30F3N5S. The van der Waals surface area contributed by atoms with Gasteiger partial charge in [0.2, 0.25) is 0 Å². The fourth-order valence-corrected chi connectivity index (χ4v) is 5.72. The molecule has 1 saturated heterocycles. The first kappa shape index (κ1) is 26.7. The van der Waals surface area contributed by atoms with E-state index in [1.807, 2.05) is 68.4 Å². The first-order chi connectivity index (χ1) is 18.8. The summed E-state index contributed by atoms with van der Waals surface area (Å²) in [6.45, 7) is 5.14. The number of alkyl halides is 3. The molecule has 2 unspecified atom stereocenters. The molecule has 4 aromatic rings. The van der Waals surface area contributed by atoms with Crippen molar-refractivity contribution in [3.8, 4) is 5.69 Å². The second kappa shape index (κ2) is 11.1. The maximum Gasteiger partial charge on any atom is 0.418 e. The lowest BCUT2D eigenvalue weighted by atomic mass is 9.96. The van der Waals surface area contributed by atoms with Gasteiger partial charge in [0.25, 0.3) is 0 Å². The van der Waals surface area contributed by atoms with Crippen molar-refractivity contribution in [2.45, 2.75) is 38.5 Å². The van der Waals surface area contributed by atoms with E-state index in [0.29, 0.717) is 11.7 Å². The molecule has 2 aromatic heterocycles. The molecule has 202 valence electrons. The lowest BCUT2D eigenvalue weighted by Gasteiger charge is -2.28. The van der Waals surface area contributed by atoms with Crippen LogP contribution in [0.4, 0.5) is 18.9 Å². The standard InChI is InChI=1S/C30H30F3N5S/c1-20-19-23(21(2)38(20)26-15-7-6-13-24(26)30(31,32)33)28-27(25-14-8-9-16-35-25)36-29(39)37(28)18-10-17-34-22-11-4-3-5-12-22/h3-9,11-16,19,27-28,34H,10,17-18H2,1-2H3,(H,36,39). The Bertz CT molecular complexity index is 1440. The minimum absolute atomic E-state index is 0.118. The van der Waals surface area contributed by atoms with Crippen molar-refractivity contribution in [1.29, 1.82) is 0 Å². The van der Waals surface area contributed by atoms with Crippen LogP contribution in [0, 0.1) is 13.8 Å². The second-order valence-electron chi connectivity index (χ2n) is 9.64. The number of para-hydroxylation sites is 2. The summed E-state index contributed by atoms with van der Waals surface area (Å²) in [5.74, 6) is 0. The SMILES string of the molecule is Cc1cc(C2C(c3ccccn3)NC(=S)N2CCCNc2ccccc2)c(C)n1-c1ccccc1C(F)(F)F. The average Bonchev–Trinajstić information content (AvgIpc) is 3.41. The van der Waals surface area contributed by atoms with Crippen molar-refractivity contribution in [1.82, 2.24) is 19.8 Å². The molecule has 5 rings (SSSR count). The Hall–Kier alpha value is -3.85. The van der Waals surface area contributed by atoms with E-state index < -0.39 is 11.7 Å². The lowest BCUT2D eigenvalue weighted by molar-refractivity contribution is -0.137. The molecule has 0 aliphatic carbocycles. The van der Waals surface area contributed by atoms with Crippen molar-refractivity contribution < 1.29 is 13.2 Å². The summed E-state index contributed by atoms with van der Waals surface area (Å²) in [4.78, 5) is 6.73. The van der Waals surface area contributed by atoms with Crippen LogP contribution in [-0.2, 0) is 6.18 Å². The van der Waals surface area contributed by atoms with Gasteiger partial charge < -0.3 is 20.1 Å². The van der Waals surface area contributed by atoms with Crippen LogP contribution in [-0.4, -0.2) is 32.7 Å². The highest BCUT2D eigenvalue weighted by Gasteiger charge is 2.41. The highest BCUT2D eigenvalue weighted by atomic mass is 32.1. The van der Waals surface area contributed by atoms with Crippen LogP contribution in [0.2, 0.25) is 0 Å². The van der Waals surface area contributed by atoms with E-state index >= 15 is 0 Å². The molecule has 1 aliphatic rings. The maximum atomic E-state index is 13.9. The summed E-state index contributed by atoms with van der Waals surface area (Å²) >= 11 is 5.79. The predicted octanol–water partition coefficient (Wildman–Crippen LogP) is 6.98.